The number of benzene rings is 2. The van der Waals surface area contributed by atoms with Crippen LogP contribution in [0.2, 0.25) is 0 Å². The zero-order chi connectivity index (χ0) is 34.3. The van der Waals surface area contributed by atoms with Crippen LogP contribution in [0.5, 0.6) is 23.0 Å². The number of hydrogen-bond acceptors (Lipinski definition) is 8. The lowest BCUT2D eigenvalue weighted by atomic mass is 9.68. The normalized spacial score (nSPS) is 17.3. The summed E-state index contributed by atoms with van der Waals surface area (Å²) in [6.45, 7) is 14.5. The molecule has 0 aliphatic carbocycles. The molecule has 1 atom stereocenters. The molecule has 0 aromatic heterocycles. The van der Waals surface area contributed by atoms with Crippen molar-refractivity contribution in [2.75, 3.05) is 55.1 Å². The smallest absolute Gasteiger partial charge is 0.247 e. The highest BCUT2D eigenvalue weighted by molar-refractivity contribution is 5.94. The number of carbonyl (C=O) groups excluding carboxylic acids is 1. The number of nitrogens with one attached hydrogen (secondary N) is 1. The van der Waals surface area contributed by atoms with Crippen LogP contribution in [0.15, 0.2) is 48.0 Å². The molecule has 3 rings (SSSR count). The highest BCUT2D eigenvalue weighted by Gasteiger charge is 2.43. The van der Waals surface area contributed by atoms with Crippen LogP contribution in [0, 0.1) is 5.92 Å². The molecule has 1 aliphatic rings. The molecule has 0 saturated heterocycles. The van der Waals surface area contributed by atoms with E-state index in [2.05, 4.69) is 49.3 Å². The summed E-state index contributed by atoms with van der Waals surface area (Å²) in [4.78, 5) is 16.1. The maximum absolute atomic E-state index is 13.7. The Bertz CT molecular complexity index is 1350. The fraction of sp³-hybridized carbons (Fsp3) is 0.595. The molecule has 2 aromatic rings. The van der Waals surface area contributed by atoms with Gasteiger partial charge in [0, 0.05) is 29.6 Å². The summed E-state index contributed by atoms with van der Waals surface area (Å²) in [6, 6.07) is 12.2. The summed E-state index contributed by atoms with van der Waals surface area (Å²) < 4.78 is 22.1. The number of hydroxylamine groups is 2. The maximum Gasteiger partial charge on any atom is 0.247 e. The van der Waals surface area contributed by atoms with Crippen molar-refractivity contribution >= 4 is 5.91 Å². The minimum absolute atomic E-state index is 0.0909. The Morgan fingerprint density at radius 1 is 0.935 bits per heavy atom. The van der Waals surface area contributed by atoms with Crippen molar-refractivity contribution in [3.63, 3.8) is 0 Å². The minimum Gasteiger partial charge on any atom is -0.493 e. The molecule has 1 aliphatic heterocycles. The fourth-order valence-corrected chi connectivity index (χ4v) is 6.80. The molecule has 0 spiro atoms. The first-order valence-electron chi connectivity index (χ1n) is 16.2. The molecule has 2 aromatic carbocycles. The van der Waals surface area contributed by atoms with Crippen molar-refractivity contribution in [1.29, 1.82) is 0 Å². The van der Waals surface area contributed by atoms with Gasteiger partial charge in [0.2, 0.25) is 5.91 Å². The Hall–Kier alpha value is -3.27. The van der Waals surface area contributed by atoms with E-state index in [9.17, 15) is 10.0 Å². The highest BCUT2D eigenvalue weighted by Crippen LogP contribution is 2.41. The molecular formula is C37H57N3O6. The molecule has 46 heavy (non-hydrogen) atoms. The third-order valence-electron chi connectivity index (χ3n) is 9.58. The summed E-state index contributed by atoms with van der Waals surface area (Å²) in [6.07, 6.45) is 5.03. The predicted molar refractivity (Wildman–Crippen MR) is 184 cm³/mol. The topological polar surface area (TPSA) is 92.7 Å². The molecule has 1 heterocycles. The number of hydrogen-bond donors (Lipinski definition) is 2. The van der Waals surface area contributed by atoms with Gasteiger partial charge in [0.05, 0.1) is 34.0 Å². The van der Waals surface area contributed by atoms with Gasteiger partial charge in [0.25, 0.3) is 0 Å². The Balaban J connectivity index is 1.81. The summed E-state index contributed by atoms with van der Waals surface area (Å²) in [7, 11) is 8.75. The molecule has 1 amide bonds. The Morgan fingerprint density at radius 2 is 1.52 bits per heavy atom. The van der Waals surface area contributed by atoms with Gasteiger partial charge in [-0.05, 0) is 108 Å². The quantitative estimate of drug-likeness (QED) is 0.222. The first kappa shape index (κ1) is 37.2. The van der Waals surface area contributed by atoms with Crippen LogP contribution in [0.4, 0.5) is 0 Å². The number of methoxy groups -OCH3 is 4. The first-order chi connectivity index (χ1) is 21.6. The van der Waals surface area contributed by atoms with Gasteiger partial charge >= 0.3 is 0 Å². The fourth-order valence-electron chi connectivity index (χ4n) is 6.80. The van der Waals surface area contributed by atoms with E-state index in [4.69, 9.17) is 18.9 Å². The maximum atomic E-state index is 13.7. The van der Waals surface area contributed by atoms with E-state index in [1.807, 2.05) is 52.0 Å². The van der Waals surface area contributed by atoms with Crippen LogP contribution in [0.1, 0.15) is 71.9 Å². The number of carbonyl (C=O) groups is 1. The lowest BCUT2D eigenvalue weighted by molar-refractivity contribution is -0.214. The van der Waals surface area contributed by atoms with Gasteiger partial charge < -0.3 is 34.4 Å². The number of nitrogens with zero attached hydrogens (tertiary/aromatic N) is 2. The van der Waals surface area contributed by atoms with Gasteiger partial charge in [0.1, 0.15) is 0 Å². The van der Waals surface area contributed by atoms with Crippen LogP contribution in [-0.4, -0.2) is 87.3 Å². The molecule has 9 heteroatoms. The van der Waals surface area contributed by atoms with E-state index >= 15 is 0 Å². The Labute approximate surface area is 276 Å². The van der Waals surface area contributed by atoms with Crippen LogP contribution < -0.4 is 24.3 Å². The van der Waals surface area contributed by atoms with Crippen LogP contribution in [0.25, 0.3) is 0 Å². The van der Waals surface area contributed by atoms with E-state index in [1.54, 1.807) is 28.4 Å². The van der Waals surface area contributed by atoms with Gasteiger partial charge in [-0.15, -0.1) is 0 Å². The first-order valence-corrected chi connectivity index (χ1v) is 16.2. The van der Waals surface area contributed by atoms with Crippen molar-refractivity contribution in [3.8, 4) is 23.0 Å². The Morgan fingerprint density at radius 3 is 2.09 bits per heavy atom. The molecular weight excluding hydrogens is 582 g/mol. The molecule has 256 valence electrons. The monoisotopic (exact) mass is 639 g/mol. The Kier molecular flexibility index (Phi) is 12.6. The largest absolute Gasteiger partial charge is 0.493 e. The summed E-state index contributed by atoms with van der Waals surface area (Å²) in [5.41, 5.74) is 1.41. The van der Waals surface area contributed by atoms with Gasteiger partial charge in [-0.3, -0.25) is 4.79 Å². The summed E-state index contributed by atoms with van der Waals surface area (Å²) in [5, 5.41) is 15.4. The standard InChI is InChI=1S/C37H57N3O6/c1-26(2)37(29-14-16-31(44-9)33(22-29)46-11,25-38-34(41)28-23-35(3,4)40(42)36(5,6)24-28)18-12-19-39(7)20-17-27-13-15-30(43-8)32(21-27)45-10/h13-16,21-23,26,42H,12,17-20,24-25H2,1-11H3,(H,38,41)/t37-/m0/s1. The molecule has 0 bridgehead atoms. The molecule has 0 saturated carbocycles. The molecule has 0 radical (unpaired) electrons. The highest BCUT2D eigenvalue weighted by atomic mass is 16.5. The zero-order valence-corrected chi connectivity index (χ0v) is 30.0. The van der Waals surface area contributed by atoms with Crippen LogP contribution in [0.3, 0.4) is 0 Å². The van der Waals surface area contributed by atoms with Crippen LogP contribution >= 0.6 is 0 Å². The van der Waals surface area contributed by atoms with E-state index < -0.39 is 11.1 Å². The van der Waals surface area contributed by atoms with E-state index in [1.165, 1.54) is 10.6 Å². The molecule has 2 N–H and O–H groups in total. The van der Waals surface area contributed by atoms with Crippen molar-refractivity contribution < 1.29 is 28.9 Å². The van der Waals surface area contributed by atoms with E-state index in [0.717, 1.165) is 49.4 Å². The van der Waals surface area contributed by atoms with Crippen LogP contribution in [-0.2, 0) is 16.6 Å². The second-order valence-electron chi connectivity index (χ2n) is 14.0. The van der Waals surface area contributed by atoms with Crippen molar-refractivity contribution in [3.05, 3.63) is 59.2 Å². The van der Waals surface area contributed by atoms with Gasteiger partial charge in [-0.2, -0.15) is 5.06 Å². The molecule has 0 fully saturated rings. The number of ether oxygens (including phenoxy) is 4. The number of rotatable bonds is 16. The third-order valence-corrected chi connectivity index (χ3v) is 9.58. The molecule has 0 unspecified atom stereocenters. The predicted octanol–water partition coefficient (Wildman–Crippen LogP) is 6.26. The van der Waals surface area contributed by atoms with Gasteiger partial charge in [-0.1, -0.05) is 32.1 Å². The van der Waals surface area contributed by atoms with Crippen molar-refractivity contribution in [2.24, 2.45) is 5.92 Å². The number of likely N-dealkylation sites (N-methyl/N-ethyl adjacent to an activating group) is 1. The van der Waals surface area contributed by atoms with Gasteiger partial charge in [0.15, 0.2) is 23.0 Å². The number of amides is 1. The van der Waals surface area contributed by atoms with Crippen molar-refractivity contribution in [1.82, 2.24) is 15.3 Å². The molecule has 9 nitrogen and oxygen atoms in total. The summed E-state index contributed by atoms with van der Waals surface area (Å²) in [5.74, 6) is 2.94. The van der Waals surface area contributed by atoms with Crippen molar-refractivity contribution in [2.45, 2.75) is 83.7 Å². The van der Waals surface area contributed by atoms with E-state index in [-0.39, 0.29) is 17.2 Å². The van der Waals surface area contributed by atoms with E-state index in [0.29, 0.717) is 30.0 Å². The second-order valence-corrected chi connectivity index (χ2v) is 14.0. The zero-order valence-electron chi connectivity index (χ0n) is 30.0. The summed E-state index contributed by atoms with van der Waals surface area (Å²) >= 11 is 0. The van der Waals surface area contributed by atoms with Gasteiger partial charge in [-0.25, -0.2) is 0 Å². The second kappa shape index (κ2) is 15.5. The third kappa shape index (κ3) is 8.55. The minimum atomic E-state index is -0.658. The lowest BCUT2D eigenvalue weighted by Gasteiger charge is -2.47. The average molecular weight is 640 g/mol. The SMILES string of the molecule is COc1ccc(CCN(C)CCC[C@@](CNC(=O)C2=CC(C)(C)N(O)C(C)(C)C2)(c2ccc(OC)c(OC)c2)C(C)C)cc1OC. The lowest BCUT2D eigenvalue weighted by Crippen LogP contribution is -2.56. The average Bonchev–Trinajstić information content (AvgIpc) is 3.02.